The lowest BCUT2D eigenvalue weighted by molar-refractivity contribution is 0.0842. The Labute approximate surface area is 103 Å². The lowest BCUT2D eigenvalue weighted by Gasteiger charge is -2.17. The molecular weight excluding hydrogens is 256 g/mol. The van der Waals surface area contributed by atoms with Crippen molar-refractivity contribution < 1.29 is 13.2 Å². The van der Waals surface area contributed by atoms with E-state index in [1.165, 1.54) is 0 Å². The predicted molar refractivity (Wildman–Crippen MR) is 64.6 cm³/mol. The Morgan fingerprint density at radius 3 is 2.83 bits per heavy atom. The highest BCUT2D eigenvalue weighted by atomic mass is 32.2. The van der Waals surface area contributed by atoms with E-state index in [9.17, 15) is 13.3 Å². The molecule has 0 atom stereocenters. The zero-order valence-corrected chi connectivity index (χ0v) is 10.2. The summed E-state index contributed by atoms with van der Waals surface area (Å²) in [5.41, 5.74) is 1.29. The number of rotatable bonds is 2. The molecule has 1 aliphatic rings. The average molecular weight is 266 g/mol. The minimum Gasteiger partial charge on any atom is -0.373 e. The number of benzene rings is 1. The molecule has 0 saturated heterocycles. The van der Waals surface area contributed by atoms with Crippen LogP contribution in [0.25, 0.3) is 10.9 Å². The molecule has 0 unspecified atom stereocenters. The Balaban J connectivity index is 2.47. The molecule has 0 bridgehead atoms. The normalized spacial score (nSPS) is 15.6. The van der Waals surface area contributed by atoms with Gasteiger partial charge in [-0.15, -0.1) is 4.91 Å². The van der Waals surface area contributed by atoms with Crippen molar-refractivity contribution in [2.24, 2.45) is 4.58 Å². The van der Waals surface area contributed by atoms with Crippen molar-refractivity contribution in [3.63, 3.8) is 0 Å². The summed E-state index contributed by atoms with van der Waals surface area (Å²) in [6.45, 7) is 1.28. The van der Waals surface area contributed by atoms with E-state index < -0.39 is 10.0 Å². The number of nitroso groups, excluding NO2 is 1. The summed E-state index contributed by atoms with van der Waals surface area (Å²) in [7, 11) is -4.15. The second-order valence-electron chi connectivity index (χ2n) is 4.05. The zero-order chi connectivity index (χ0) is 12.8. The Kier molecular flexibility index (Phi) is 2.46. The topological polar surface area (TPSA) is 77.7 Å². The van der Waals surface area contributed by atoms with Crippen LogP contribution in [-0.4, -0.2) is 19.6 Å². The molecule has 1 aromatic heterocycles. The monoisotopic (exact) mass is 266 g/mol. The molecule has 0 N–H and O–H groups in total. The third-order valence-electron chi connectivity index (χ3n) is 3.08. The van der Waals surface area contributed by atoms with Gasteiger partial charge in [-0.2, -0.15) is 8.42 Å². The number of aromatic nitrogens is 1. The van der Waals surface area contributed by atoms with Gasteiger partial charge in [0.2, 0.25) is 0 Å². The van der Waals surface area contributed by atoms with Crippen LogP contribution >= 0.6 is 0 Å². The molecule has 0 fully saturated rings. The first-order valence-corrected chi connectivity index (χ1v) is 6.86. The molecule has 18 heavy (non-hydrogen) atoms. The molecule has 0 spiro atoms. The Hall–Kier alpha value is -1.73. The van der Waals surface area contributed by atoms with E-state index in [2.05, 4.69) is 4.58 Å². The molecular formula is C11H10N2O4S. The highest BCUT2D eigenvalue weighted by molar-refractivity contribution is 7.90. The fourth-order valence-electron chi connectivity index (χ4n) is 2.37. The maximum Gasteiger partial charge on any atom is 0.319 e. The number of fused-ring (bicyclic) bond motifs is 3. The van der Waals surface area contributed by atoms with Gasteiger partial charge in [0.05, 0.1) is 23.5 Å². The first kappa shape index (κ1) is 11.4. The number of nitrogens with zero attached hydrogens (tertiary/aromatic N) is 2. The number of hydrogen-bond donors (Lipinski definition) is 0. The van der Waals surface area contributed by atoms with E-state index in [1.54, 1.807) is 12.1 Å². The van der Waals surface area contributed by atoms with Crippen molar-refractivity contribution in [3.8, 4) is 0 Å². The van der Waals surface area contributed by atoms with Crippen LogP contribution in [0, 0.1) is 4.91 Å². The van der Waals surface area contributed by atoms with Gasteiger partial charge in [-0.25, -0.2) is 0 Å². The van der Waals surface area contributed by atoms with E-state index in [4.69, 9.17) is 4.74 Å². The zero-order valence-electron chi connectivity index (χ0n) is 9.37. The highest BCUT2D eigenvalue weighted by Crippen LogP contribution is 2.33. The average Bonchev–Trinajstić information content (AvgIpc) is 2.74. The first-order chi connectivity index (χ1) is 8.65. The molecule has 0 radical (unpaired) electrons. The van der Waals surface area contributed by atoms with Gasteiger partial charge in [0.1, 0.15) is 4.90 Å². The van der Waals surface area contributed by atoms with Gasteiger partial charge < -0.3 is 9.30 Å². The Bertz CT molecular complexity index is 733. The summed E-state index contributed by atoms with van der Waals surface area (Å²) in [4.78, 5) is 10.5. The fourth-order valence-corrected chi connectivity index (χ4v) is 3.37. The lowest BCUT2D eigenvalue weighted by Crippen LogP contribution is -2.17. The standard InChI is InChI=1S/C11H10N2O4S/c14-12-18(15,16)11-8-3-1-2-4-9(8)13-5-6-17-7-10(11)13/h1-4H,5-7H2. The maximum absolute atomic E-state index is 11.8. The summed E-state index contributed by atoms with van der Waals surface area (Å²) in [5.74, 6) is 0. The SMILES string of the molecule is O=NS(=O)(=O)c1c2n(c3ccccc13)CCOC2. The predicted octanol–water partition coefficient (Wildman–Crippen LogP) is 1.63. The lowest BCUT2D eigenvalue weighted by atomic mass is 10.2. The van der Waals surface area contributed by atoms with Crippen molar-refractivity contribution in [2.75, 3.05) is 6.61 Å². The van der Waals surface area contributed by atoms with Gasteiger partial charge in [0.25, 0.3) is 0 Å². The third-order valence-corrected chi connectivity index (χ3v) is 4.25. The summed E-state index contributed by atoms with van der Waals surface area (Å²) in [6.07, 6.45) is 0. The summed E-state index contributed by atoms with van der Waals surface area (Å²) < 4.78 is 33.0. The van der Waals surface area contributed by atoms with Gasteiger partial charge in [0.15, 0.2) is 0 Å². The van der Waals surface area contributed by atoms with Crippen LogP contribution < -0.4 is 0 Å². The van der Waals surface area contributed by atoms with Crippen LogP contribution in [-0.2, 0) is 27.9 Å². The summed E-state index contributed by atoms with van der Waals surface area (Å²) in [5, 5.41) is 0.526. The molecule has 0 aliphatic carbocycles. The number of sulfonamides is 1. The van der Waals surface area contributed by atoms with Crippen molar-refractivity contribution in [3.05, 3.63) is 34.9 Å². The van der Waals surface area contributed by atoms with Crippen LogP contribution in [0.5, 0.6) is 0 Å². The molecule has 6 nitrogen and oxygen atoms in total. The molecule has 2 heterocycles. The van der Waals surface area contributed by atoms with E-state index >= 15 is 0 Å². The van der Waals surface area contributed by atoms with Gasteiger partial charge in [-0.1, -0.05) is 18.2 Å². The molecule has 94 valence electrons. The first-order valence-electron chi connectivity index (χ1n) is 5.42. The smallest absolute Gasteiger partial charge is 0.319 e. The van der Waals surface area contributed by atoms with Crippen molar-refractivity contribution in [1.82, 2.24) is 4.57 Å². The number of hydrogen-bond acceptors (Lipinski definition) is 4. The van der Waals surface area contributed by atoms with Gasteiger partial charge in [-0.3, -0.25) is 0 Å². The van der Waals surface area contributed by atoms with E-state index in [-0.39, 0.29) is 11.5 Å². The van der Waals surface area contributed by atoms with E-state index in [0.717, 1.165) is 5.52 Å². The Morgan fingerprint density at radius 2 is 2.06 bits per heavy atom. The molecule has 2 aromatic rings. The van der Waals surface area contributed by atoms with Crippen molar-refractivity contribution >= 4 is 20.9 Å². The van der Waals surface area contributed by atoms with Crippen LogP contribution in [0.3, 0.4) is 0 Å². The second-order valence-corrected chi connectivity index (χ2v) is 5.55. The number of ether oxygens (including phenoxy) is 1. The van der Waals surface area contributed by atoms with Crippen molar-refractivity contribution in [1.29, 1.82) is 0 Å². The van der Waals surface area contributed by atoms with Crippen LogP contribution in [0.15, 0.2) is 33.7 Å². The molecule has 1 aliphatic heterocycles. The minimum atomic E-state index is -4.15. The Morgan fingerprint density at radius 1 is 1.28 bits per heavy atom. The quantitative estimate of drug-likeness (QED) is 0.774. The second kappa shape index (κ2) is 3.89. The summed E-state index contributed by atoms with van der Waals surface area (Å²) in [6, 6.07) is 7.07. The minimum absolute atomic E-state index is 0.0206. The third kappa shape index (κ3) is 1.48. The summed E-state index contributed by atoms with van der Waals surface area (Å²) >= 11 is 0. The fraction of sp³-hybridized carbons (Fsp3) is 0.273. The van der Waals surface area contributed by atoms with Crippen LogP contribution in [0.4, 0.5) is 0 Å². The molecule has 0 amide bonds. The molecule has 1 aromatic carbocycles. The largest absolute Gasteiger partial charge is 0.373 e. The molecule has 3 rings (SSSR count). The van der Waals surface area contributed by atoms with Gasteiger partial charge in [0, 0.05) is 17.4 Å². The van der Waals surface area contributed by atoms with Crippen LogP contribution in [0.2, 0.25) is 0 Å². The van der Waals surface area contributed by atoms with E-state index in [0.29, 0.717) is 24.2 Å². The van der Waals surface area contributed by atoms with E-state index in [1.807, 2.05) is 16.7 Å². The molecule has 7 heteroatoms. The van der Waals surface area contributed by atoms with Crippen LogP contribution in [0.1, 0.15) is 5.69 Å². The van der Waals surface area contributed by atoms with Crippen molar-refractivity contribution in [2.45, 2.75) is 18.0 Å². The van der Waals surface area contributed by atoms with Gasteiger partial charge in [-0.05, 0) is 6.07 Å². The number of para-hydroxylation sites is 1. The van der Waals surface area contributed by atoms with Gasteiger partial charge >= 0.3 is 10.0 Å². The highest BCUT2D eigenvalue weighted by Gasteiger charge is 2.29. The molecule has 0 saturated carbocycles. The maximum atomic E-state index is 11.8.